The van der Waals surface area contributed by atoms with E-state index in [1.54, 1.807) is 7.11 Å². The van der Waals surface area contributed by atoms with Crippen molar-refractivity contribution < 1.29 is 13.9 Å². The molecular formula is C22H25N3O3. The first-order valence-corrected chi connectivity index (χ1v) is 9.60. The molecule has 1 saturated heterocycles. The van der Waals surface area contributed by atoms with Gasteiger partial charge in [0, 0.05) is 43.0 Å². The molecule has 1 fully saturated rings. The van der Waals surface area contributed by atoms with Gasteiger partial charge in [0.2, 0.25) is 11.8 Å². The smallest absolute Gasteiger partial charge is 0.227 e. The molecule has 1 aliphatic rings. The lowest BCUT2D eigenvalue weighted by Crippen LogP contribution is -2.37. The molecule has 2 aromatic carbocycles. The summed E-state index contributed by atoms with van der Waals surface area (Å²) in [4.78, 5) is 18.8. The Labute approximate surface area is 164 Å². The van der Waals surface area contributed by atoms with Crippen molar-refractivity contribution in [3.05, 3.63) is 47.9 Å². The SMILES string of the molecule is COc1ccc(-c2nc(CN3CCC(=O)NC[C@@H]3C)c(C)o2)c2ccccc12. The minimum Gasteiger partial charge on any atom is -0.496 e. The molecule has 1 atom stereocenters. The van der Waals surface area contributed by atoms with Crippen LogP contribution in [-0.2, 0) is 11.3 Å². The summed E-state index contributed by atoms with van der Waals surface area (Å²) in [6.07, 6.45) is 0.511. The van der Waals surface area contributed by atoms with Crippen LogP contribution in [0.4, 0.5) is 0 Å². The van der Waals surface area contributed by atoms with Crippen LogP contribution in [0.25, 0.3) is 22.2 Å². The predicted octanol–water partition coefficient (Wildman–Crippen LogP) is 3.52. The number of nitrogens with zero attached hydrogens (tertiary/aromatic N) is 2. The van der Waals surface area contributed by atoms with Gasteiger partial charge in [-0.05, 0) is 31.4 Å². The number of hydrogen-bond donors (Lipinski definition) is 1. The highest BCUT2D eigenvalue weighted by Gasteiger charge is 2.23. The minimum absolute atomic E-state index is 0.108. The molecule has 1 N–H and O–H groups in total. The van der Waals surface area contributed by atoms with Gasteiger partial charge < -0.3 is 14.5 Å². The summed E-state index contributed by atoms with van der Waals surface area (Å²) >= 11 is 0. The fourth-order valence-electron chi connectivity index (χ4n) is 3.70. The van der Waals surface area contributed by atoms with Crippen LogP contribution in [0, 0.1) is 6.92 Å². The van der Waals surface area contributed by atoms with Gasteiger partial charge in [-0.1, -0.05) is 24.3 Å². The number of hydrogen-bond acceptors (Lipinski definition) is 5. The van der Waals surface area contributed by atoms with E-state index >= 15 is 0 Å². The monoisotopic (exact) mass is 379 g/mol. The number of nitrogens with one attached hydrogen (secondary N) is 1. The molecule has 2 heterocycles. The molecule has 6 nitrogen and oxygen atoms in total. The number of aromatic nitrogens is 1. The second-order valence-corrected chi connectivity index (χ2v) is 7.26. The summed E-state index contributed by atoms with van der Waals surface area (Å²) in [6, 6.07) is 12.3. The Morgan fingerprint density at radius 2 is 2.04 bits per heavy atom. The molecule has 1 aliphatic heterocycles. The number of amides is 1. The van der Waals surface area contributed by atoms with Crippen LogP contribution in [0.3, 0.4) is 0 Å². The third-order valence-corrected chi connectivity index (χ3v) is 5.42. The molecule has 0 spiro atoms. The number of benzene rings is 2. The molecule has 3 aromatic rings. The molecule has 0 unspecified atom stereocenters. The van der Waals surface area contributed by atoms with Crippen LogP contribution < -0.4 is 10.1 Å². The maximum absolute atomic E-state index is 11.7. The van der Waals surface area contributed by atoms with Crippen molar-refractivity contribution in [1.82, 2.24) is 15.2 Å². The van der Waals surface area contributed by atoms with Crippen molar-refractivity contribution in [2.24, 2.45) is 0 Å². The fourth-order valence-corrected chi connectivity index (χ4v) is 3.70. The van der Waals surface area contributed by atoms with Crippen molar-refractivity contribution >= 4 is 16.7 Å². The lowest BCUT2D eigenvalue weighted by molar-refractivity contribution is -0.120. The summed E-state index contributed by atoms with van der Waals surface area (Å²) in [5.74, 6) is 2.36. The van der Waals surface area contributed by atoms with E-state index in [1.807, 2.05) is 37.3 Å². The largest absolute Gasteiger partial charge is 0.496 e. The Morgan fingerprint density at radius 3 is 2.82 bits per heavy atom. The van der Waals surface area contributed by atoms with Gasteiger partial charge in [0.1, 0.15) is 11.5 Å². The second kappa shape index (κ2) is 7.64. The van der Waals surface area contributed by atoms with Crippen LogP contribution >= 0.6 is 0 Å². The average molecular weight is 379 g/mol. The second-order valence-electron chi connectivity index (χ2n) is 7.26. The first-order valence-electron chi connectivity index (χ1n) is 9.60. The molecule has 1 aromatic heterocycles. The van der Waals surface area contributed by atoms with Crippen LogP contribution in [0.2, 0.25) is 0 Å². The molecule has 0 bridgehead atoms. The summed E-state index contributed by atoms with van der Waals surface area (Å²) in [5.41, 5.74) is 1.86. The van der Waals surface area contributed by atoms with E-state index < -0.39 is 0 Å². The summed E-state index contributed by atoms with van der Waals surface area (Å²) in [7, 11) is 1.68. The van der Waals surface area contributed by atoms with E-state index in [4.69, 9.17) is 14.1 Å². The van der Waals surface area contributed by atoms with Crippen LogP contribution in [0.5, 0.6) is 5.75 Å². The number of ether oxygens (including phenoxy) is 1. The third-order valence-electron chi connectivity index (χ3n) is 5.42. The van der Waals surface area contributed by atoms with Crippen LogP contribution in [-0.4, -0.2) is 42.0 Å². The first kappa shape index (κ1) is 18.5. The first-order chi connectivity index (χ1) is 13.6. The predicted molar refractivity (Wildman–Crippen MR) is 108 cm³/mol. The number of rotatable bonds is 4. The average Bonchev–Trinajstić information content (AvgIpc) is 2.99. The summed E-state index contributed by atoms with van der Waals surface area (Å²) < 4.78 is 11.5. The molecule has 1 amide bonds. The molecule has 28 heavy (non-hydrogen) atoms. The van der Waals surface area contributed by atoms with E-state index in [0.717, 1.165) is 40.1 Å². The summed E-state index contributed by atoms with van der Waals surface area (Å²) in [5, 5.41) is 5.03. The molecule has 0 aliphatic carbocycles. The van der Waals surface area contributed by atoms with Gasteiger partial charge in [0.25, 0.3) is 0 Å². The van der Waals surface area contributed by atoms with Gasteiger partial charge in [-0.3, -0.25) is 9.69 Å². The maximum Gasteiger partial charge on any atom is 0.227 e. The van der Waals surface area contributed by atoms with E-state index in [-0.39, 0.29) is 11.9 Å². The van der Waals surface area contributed by atoms with Gasteiger partial charge in [-0.15, -0.1) is 0 Å². The van der Waals surface area contributed by atoms with Crippen LogP contribution in [0.1, 0.15) is 24.8 Å². The number of carbonyl (C=O) groups excluding carboxylic acids is 1. The van der Waals surface area contributed by atoms with E-state index in [0.29, 0.717) is 25.4 Å². The molecule has 0 radical (unpaired) electrons. The lowest BCUT2D eigenvalue weighted by atomic mass is 10.0. The highest BCUT2D eigenvalue weighted by Crippen LogP contribution is 2.34. The Kier molecular flexibility index (Phi) is 5.05. The number of aryl methyl sites for hydroxylation is 1. The van der Waals surface area contributed by atoms with Crippen molar-refractivity contribution in [1.29, 1.82) is 0 Å². The standard InChI is InChI=1S/C22H25N3O3/c1-14-12-23-21(26)10-11-25(14)13-19-15(2)28-22(24-19)18-8-9-20(27-3)17-7-5-4-6-16(17)18/h4-9,14H,10-13H2,1-3H3,(H,23,26)/t14-/m0/s1. The molecule has 6 heteroatoms. The Bertz CT molecular complexity index is 1010. The maximum atomic E-state index is 11.7. The zero-order valence-electron chi connectivity index (χ0n) is 16.5. The zero-order valence-corrected chi connectivity index (χ0v) is 16.5. The minimum atomic E-state index is 0.108. The van der Waals surface area contributed by atoms with E-state index in [2.05, 4.69) is 23.2 Å². The number of methoxy groups -OCH3 is 1. The van der Waals surface area contributed by atoms with Gasteiger partial charge in [-0.2, -0.15) is 0 Å². The molecule has 146 valence electrons. The summed E-state index contributed by atoms with van der Waals surface area (Å²) in [6.45, 7) is 6.12. The topological polar surface area (TPSA) is 67.6 Å². The Hall–Kier alpha value is -2.86. The highest BCUT2D eigenvalue weighted by atomic mass is 16.5. The quantitative estimate of drug-likeness (QED) is 0.751. The Morgan fingerprint density at radius 1 is 1.25 bits per heavy atom. The van der Waals surface area contributed by atoms with Gasteiger partial charge in [-0.25, -0.2) is 4.98 Å². The lowest BCUT2D eigenvalue weighted by Gasteiger charge is -2.25. The Balaban J connectivity index is 1.67. The van der Waals surface area contributed by atoms with Crippen molar-refractivity contribution in [3.63, 3.8) is 0 Å². The number of oxazole rings is 1. The van der Waals surface area contributed by atoms with Gasteiger partial charge in [0.05, 0.1) is 12.8 Å². The normalized spacial score (nSPS) is 18.1. The van der Waals surface area contributed by atoms with Crippen molar-refractivity contribution in [2.45, 2.75) is 32.9 Å². The van der Waals surface area contributed by atoms with E-state index in [1.165, 1.54) is 0 Å². The van der Waals surface area contributed by atoms with Gasteiger partial charge >= 0.3 is 0 Å². The number of carbonyl (C=O) groups is 1. The fraction of sp³-hybridized carbons (Fsp3) is 0.364. The van der Waals surface area contributed by atoms with E-state index in [9.17, 15) is 4.79 Å². The molecular weight excluding hydrogens is 354 g/mol. The number of fused-ring (bicyclic) bond motifs is 1. The molecule has 4 rings (SSSR count). The van der Waals surface area contributed by atoms with Crippen molar-refractivity contribution in [3.8, 4) is 17.2 Å². The highest BCUT2D eigenvalue weighted by molar-refractivity contribution is 5.98. The molecule has 0 saturated carbocycles. The zero-order chi connectivity index (χ0) is 19.7. The van der Waals surface area contributed by atoms with Gasteiger partial charge in [0.15, 0.2) is 0 Å². The third kappa shape index (κ3) is 3.47. The van der Waals surface area contributed by atoms with Crippen molar-refractivity contribution in [2.75, 3.05) is 20.2 Å². The van der Waals surface area contributed by atoms with Crippen LogP contribution in [0.15, 0.2) is 40.8 Å².